The fourth-order valence-corrected chi connectivity index (χ4v) is 5.23. The average Bonchev–Trinajstić information content (AvgIpc) is 3.21. The SMILES string of the molecule is CC1=C[C@@H](C(=O)NCc2cc(=O)c(C)cn2OC(c2ccccc2)c2ccccc2)N2C[C@@H]1N(OS(=O)(=O)O)C2=O. The van der Waals surface area contributed by atoms with Gasteiger partial charge in [-0.1, -0.05) is 66.7 Å². The molecule has 0 spiro atoms. The first-order valence-corrected chi connectivity index (χ1v) is 14.1. The first kappa shape index (κ1) is 28.1. The van der Waals surface area contributed by atoms with Gasteiger partial charge in [-0.05, 0) is 30.5 Å². The number of fused-ring (bicyclic) bond motifs is 2. The number of amides is 3. The highest BCUT2D eigenvalue weighted by Crippen LogP contribution is 2.31. The molecule has 0 saturated carbocycles. The molecule has 214 valence electrons. The van der Waals surface area contributed by atoms with Crippen molar-refractivity contribution in [2.45, 2.75) is 38.6 Å². The molecule has 3 aromatic rings. The number of rotatable bonds is 9. The molecule has 41 heavy (non-hydrogen) atoms. The Hall–Kier alpha value is -4.46. The molecular weight excluding hydrogens is 552 g/mol. The Morgan fingerprint density at radius 2 is 1.66 bits per heavy atom. The highest BCUT2D eigenvalue weighted by molar-refractivity contribution is 7.80. The van der Waals surface area contributed by atoms with Crippen LogP contribution >= 0.6 is 0 Å². The third kappa shape index (κ3) is 6.01. The second-order valence-electron chi connectivity index (χ2n) is 9.80. The van der Waals surface area contributed by atoms with Crippen LogP contribution in [0.2, 0.25) is 0 Å². The van der Waals surface area contributed by atoms with Crippen molar-refractivity contribution in [3.8, 4) is 0 Å². The number of aromatic nitrogens is 1. The van der Waals surface area contributed by atoms with E-state index >= 15 is 0 Å². The second-order valence-corrected chi connectivity index (χ2v) is 10.8. The molecule has 0 unspecified atom stereocenters. The van der Waals surface area contributed by atoms with E-state index in [1.165, 1.54) is 16.9 Å². The van der Waals surface area contributed by atoms with Crippen LogP contribution in [0.3, 0.4) is 0 Å². The van der Waals surface area contributed by atoms with Gasteiger partial charge in [-0.3, -0.25) is 14.1 Å². The lowest BCUT2D eigenvalue weighted by atomic mass is 10.0. The molecule has 3 heterocycles. The van der Waals surface area contributed by atoms with Crippen LogP contribution in [0, 0.1) is 6.92 Å². The summed E-state index contributed by atoms with van der Waals surface area (Å²) in [7, 11) is -4.94. The molecular formula is C28H28N4O8S. The number of hydrogen-bond acceptors (Lipinski definition) is 7. The van der Waals surface area contributed by atoms with Crippen molar-refractivity contribution in [3.05, 3.63) is 117 Å². The molecule has 13 heteroatoms. The monoisotopic (exact) mass is 580 g/mol. The smallest absolute Gasteiger partial charge is 0.401 e. The molecule has 0 radical (unpaired) electrons. The predicted molar refractivity (Wildman–Crippen MR) is 147 cm³/mol. The van der Waals surface area contributed by atoms with E-state index in [2.05, 4.69) is 9.60 Å². The molecule has 2 atom stereocenters. The Morgan fingerprint density at radius 1 is 1.05 bits per heavy atom. The highest BCUT2D eigenvalue weighted by Gasteiger charge is 2.49. The molecule has 2 aromatic carbocycles. The Labute approximate surface area is 236 Å². The van der Waals surface area contributed by atoms with Gasteiger partial charge in [0.25, 0.3) is 0 Å². The Balaban J connectivity index is 1.38. The number of carbonyl (C=O) groups is 2. The van der Waals surface area contributed by atoms with Crippen LogP contribution in [0.4, 0.5) is 4.79 Å². The van der Waals surface area contributed by atoms with E-state index in [1.807, 2.05) is 60.7 Å². The van der Waals surface area contributed by atoms with Gasteiger partial charge in [0.2, 0.25) is 5.91 Å². The van der Waals surface area contributed by atoms with Crippen LogP contribution in [0.15, 0.2) is 89.4 Å². The van der Waals surface area contributed by atoms with Crippen molar-refractivity contribution in [3.63, 3.8) is 0 Å². The molecule has 2 aliphatic rings. The molecule has 2 bridgehead atoms. The lowest BCUT2D eigenvalue weighted by Crippen LogP contribution is -2.48. The van der Waals surface area contributed by atoms with Crippen molar-refractivity contribution in [2.75, 3.05) is 6.54 Å². The van der Waals surface area contributed by atoms with Gasteiger partial charge in [0.1, 0.15) is 12.1 Å². The minimum Gasteiger partial charge on any atom is -0.401 e. The molecule has 2 aliphatic heterocycles. The Morgan fingerprint density at radius 3 is 2.24 bits per heavy atom. The molecule has 1 fully saturated rings. The highest BCUT2D eigenvalue weighted by atomic mass is 32.3. The van der Waals surface area contributed by atoms with Crippen LogP contribution < -0.4 is 15.6 Å². The fraction of sp³-hybridized carbons (Fsp3) is 0.250. The maximum absolute atomic E-state index is 13.3. The van der Waals surface area contributed by atoms with E-state index in [1.54, 1.807) is 20.0 Å². The summed E-state index contributed by atoms with van der Waals surface area (Å²) >= 11 is 0. The van der Waals surface area contributed by atoms with Crippen LogP contribution in [-0.2, 0) is 26.0 Å². The van der Waals surface area contributed by atoms with Gasteiger partial charge in [0, 0.05) is 11.6 Å². The fourth-order valence-electron chi connectivity index (χ4n) is 4.86. The van der Waals surface area contributed by atoms with E-state index < -0.39 is 40.5 Å². The Kier molecular flexibility index (Phi) is 7.67. The van der Waals surface area contributed by atoms with Crippen molar-refractivity contribution in [1.82, 2.24) is 20.0 Å². The summed E-state index contributed by atoms with van der Waals surface area (Å²) in [5.41, 5.74) is 2.84. The molecule has 5 rings (SSSR count). The van der Waals surface area contributed by atoms with E-state index in [0.29, 0.717) is 21.9 Å². The van der Waals surface area contributed by atoms with Gasteiger partial charge in [-0.2, -0.15) is 18.2 Å². The van der Waals surface area contributed by atoms with Crippen molar-refractivity contribution < 1.29 is 31.7 Å². The summed E-state index contributed by atoms with van der Waals surface area (Å²) in [6, 6.07) is 17.8. The maximum atomic E-state index is 13.3. The largest absolute Gasteiger partial charge is 0.418 e. The summed E-state index contributed by atoms with van der Waals surface area (Å²) in [5, 5.41) is 3.29. The standard InChI is InChI=1S/C28H28N4O8S/c1-18-13-23(30-17-24(18)32(28(30)35)40-41(36,37)38)27(34)29-15-22-14-25(33)19(2)16-31(22)39-26(20-9-5-3-6-10-20)21-11-7-4-8-12-21/h3-14,16,23-24,26H,15,17H2,1-2H3,(H,29,34)(H,36,37,38)/t23-,24-/m0/s1. The number of nitrogens with zero attached hydrogens (tertiary/aromatic N) is 3. The first-order valence-electron chi connectivity index (χ1n) is 12.7. The number of hydrogen-bond donors (Lipinski definition) is 2. The average molecular weight is 581 g/mol. The van der Waals surface area contributed by atoms with E-state index in [0.717, 1.165) is 16.0 Å². The molecule has 0 aliphatic carbocycles. The van der Waals surface area contributed by atoms with Crippen LogP contribution in [0.5, 0.6) is 0 Å². The summed E-state index contributed by atoms with van der Waals surface area (Å²) < 4.78 is 37.4. The third-order valence-corrected chi connectivity index (χ3v) is 7.31. The minimum atomic E-state index is -4.94. The van der Waals surface area contributed by atoms with Crippen LogP contribution in [0.1, 0.15) is 35.4 Å². The second kappa shape index (κ2) is 11.2. The lowest BCUT2D eigenvalue weighted by Gasteiger charge is -2.28. The van der Waals surface area contributed by atoms with Gasteiger partial charge in [0.15, 0.2) is 11.5 Å². The number of hydroxylamine groups is 2. The van der Waals surface area contributed by atoms with Crippen molar-refractivity contribution >= 4 is 22.3 Å². The summed E-state index contributed by atoms with van der Waals surface area (Å²) in [5.74, 6) is -0.563. The number of pyridine rings is 1. The number of aryl methyl sites for hydroxylation is 1. The van der Waals surface area contributed by atoms with E-state index in [-0.39, 0.29) is 18.5 Å². The topological polar surface area (TPSA) is 147 Å². The third-order valence-electron chi connectivity index (χ3n) is 6.96. The van der Waals surface area contributed by atoms with Crippen molar-refractivity contribution in [2.24, 2.45) is 0 Å². The Bertz CT molecular complexity index is 1620. The minimum absolute atomic E-state index is 0.0110. The zero-order valence-electron chi connectivity index (χ0n) is 22.2. The van der Waals surface area contributed by atoms with Gasteiger partial charge in [-0.15, -0.1) is 4.28 Å². The molecule has 3 amide bonds. The zero-order valence-corrected chi connectivity index (χ0v) is 23.0. The summed E-state index contributed by atoms with van der Waals surface area (Å²) in [6.45, 7) is 3.17. The quantitative estimate of drug-likeness (QED) is 0.289. The molecule has 2 N–H and O–H groups in total. The maximum Gasteiger partial charge on any atom is 0.418 e. The van der Waals surface area contributed by atoms with E-state index in [9.17, 15) is 22.8 Å². The molecule has 1 aromatic heterocycles. The zero-order chi connectivity index (χ0) is 29.3. The first-order chi connectivity index (χ1) is 19.5. The number of benzene rings is 2. The van der Waals surface area contributed by atoms with Crippen LogP contribution in [-0.4, -0.2) is 58.2 Å². The number of carbonyl (C=O) groups excluding carboxylic acids is 2. The molecule has 12 nitrogen and oxygen atoms in total. The summed E-state index contributed by atoms with van der Waals surface area (Å²) in [6.07, 6.45) is 2.56. The number of nitrogens with one attached hydrogen (secondary N) is 1. The summed E-state index contributed by atoms with van der Waals surface area (Å²) in [4.78, 5) is 46.2. The molecule has 1 saturated heterocycles. The van der Waals surface area contributed by atoms with Gasteiger partial charge in [0.05, 0.1) is 25.0 Å². The number of urea groups is 1. The van der Waals surface area contributed by atoms with Crippen LogP contribution in [0.25, 0.3) is 0 Å². The normalized spacial score (nSPS) is 18.4. The van der Waals surface area contributed by atoms with Gasteiger partial charge < -0.3 is 15.1 Å². The van der Waals surface area contributed by atoms with Crippen molar-refractivity contribution in [1.29, 1.82) is 0 Å². The van der Waals surface area contributed by atoms with Gasteiger partial charge in [-0.25, -0.2) is 4.79 Å². The lowest BCUT2D eigenvalue weighted by molar-refractivity contribution is -0.124. The van der Waals surface area contributed by atoms with Gasteiger partial charge >= 0.3 is 16.4 Å². The predicted octanol–water partition coefficient (Wildman–Crippen LogP) is 2.16. The van der Waals surface area contributed by atoms with E-state index in [4.69, 9.17) is 9.39 Å².